The van der Waals surface area contributed by atoms with Gasteiger partial charge in [-0.25, -0.2) is 0 Å². The Morgan fingerprint density at radius 3 is 2.82 bits per heavy atom. The second kappa shape index (κ2) is 6.87. The molecule has 0 aliphatic heterocycles. The average Bonchev–Trinajstić information content (AvgIpc) is 2.26. The van der Waals surface area contributed by atoms with Crippen LogP contribution in [0.5, 0.6) is 0 Å². The third-order valence-corrected chi connectivity index (χ3v) is 3.46. The van der Waals surface area contributed by atoms with Gasteiger partial charge in [0.25, 0.3) is 0 Å². The van der Waals surface area contributed by atoms with Gasteiger partial charge in [0.15, 0.2) is 0 Å². The molecule has 0 aliphatic rings. The summed E-state index contributed by atoms with van der Waals surface area (Å²) < 4.78 is 0. The molecule has 4 heteroatoms. The van der Waals surface area contributed by atoms with Crippen molar-refractivity contribution in [3.05, 3.63) is 29.3 Å². The highest BCUT2D eigenvalue weighted by Crippen LogP contribution is 2.19. The van der Waals surface area contributed by atoms with Crippen LogP contribution in [0, 0.1) is 6.92 Å². The first-order valence-corrected chi connectivity index (χ1v) is 7.50. The summed E-state index contributed by atoms with van der Waals surface area (Å²) in [4.78, 5) is 0.449. The van der Waals surface area contributed by atoms with Crippen molar-refractivity contribution in [2.45, 2.75) is 26.3 Å². The van der Waals surface area contributed by atoms with Gasteiger partial charge in [0.1, 0.15) is 4.99 Å². The van der Waals surface area contributed by atoms with Crippen molar-refractivity contribution in [1.82, 2.24) is 0 Å². The molecule has 0 fully saturated rings. The van der Waals surface area contributed by atoms with E-state index < -0.39 is 0 Å². The third kappa shape index (κ3) is 4.56. The Morgan fingerprint density at radius 1 is 1.53 bits per heavy atom. The SMILES string of the molecule is CSCCC(C)Nc1cc(C)ccc1C(N)=S. The number of thioether (sulfide) groups is 1. The molecule has 1 aromatic carbocycles. The lowest BCUT2D eigenvalue weighted by atomic mass is 10.1. The van der Waals surface area contributed by atoms with Crippen LogP contribution in [0.25, 0.3) is 0 Å². The molecule has 1 unspecified atom stereocenters. The van der Waals surface area contributed by atoms with E-state index in [0.29, 0.717) is 11.0 Å². The molecular formula is C13H20N2S2. The molecule has 1 rings (SSSR count). The van der Waals surface area contributed by atoms with Crippen LogP contribution >= 0.6 is 24.0 Å². The fraction of sp³-hybridized carbons (Fsp3) is 0.462. The Labute approximate surface area is 113 Å². The molecule has 0 radical (unpaired) electrons. The fourth-order valence-electron chi connectivity index (χ4n) is 1.62. The van der Waals surface area contributed by atoms with E-state index in [-0.39, 0.29) is 0 Å². The van der Waals surface area contributed by atoms with Crippen LogP contribution in [0.15, 0.2) is 18.2 Å². The number of thiocarbonyl (C=S) groups is 1. The van der Waals surface area contributed by atoms with E-state index in [2.05, 4.69) is 31.5 Å². The van der Waals surface area contributed by atoms with Crippen LogP contribution in [0.1, 0.15) is 24.5 Å². The lowest BCUT2D eigenvalue weighted by Gasteiger charge is -2.18. The van der Waals surface area contributed by atoms with Crippen LogP contribution in [-0.4, -0.2) is 23.0 Å². The number of aryl methyl sites for hydroxylation is 1. The molecule has 17 heavy (non-hydrogen) atoms. The highest BCUT2D eigenvalue weighted by Gasteiger charge is 2.08. The molecule has 0 aliphatic carbocycles. The van der Waals surface area contributed by atoms with E-state index in [1.54, 1.807) is 0 Å². The fourth-order valence-corrected chi connectivity index (χ4v) is 2.39. The van der Waals surface area contributed by atoms with Crippen molar-refractivity contribution in [3.8, 4) is 0 Å². The van der Waals surface area contributed by atoms with Crippen molar-refractivity contribution >= 4 is 34.7 Å². The Balaban J connectivity index is 2.81. The number of nitrogens with one attached hydrogen (secondary N) is 1. The molecular weight excluding hydrogens is 248 g/mol. The summed E-state index contributed by atoms with van der Waals surface area (Å²) in [5.74, 6) is 1.16. The molecule has 0 spiro atoms. The summed E-state index contributed by atoms with van der Waals surface area (Å²) in [7, 11) is 0. The average molecular weight is 268 g/mol. The van der Waals surface area contributed by atoms with Crippen molar-refractivity contribution in [1.29, 1.82) is 0 Å². The summed E-state index contributed by atoms with van der Waals surface area (Å²) >= 11 is 6.93. The van der Waals surface area contributed by atoms with Crippen molar-refractivity contribution < 1.29 is 0 Å². The van der Waals surface area contributed by atoms with E-state index >= 15 is 0 Å². The first-order chi connectivity index (χ1) is 8.04. The minimum absolute atomic E-state index is 0.428. The molecule has 3 N–H and O–H groups in total. The molecule has 0 aromatic heterocycles. The van der Waals surface area contributed by atoms with Crippen LogP contribution < -0.4 is 11.1 Å². The first kappa shape index (κ1) is 14.3. The number of nitrogens with two attached hydrogens (primary N) is 1. The lowest BCUT2D eigenvalue weighted by Crippen LogP contribution is -2.20. The number of anilines is 1. The van der Waals surface area contributed by atoms with Gasteiger partial charge in [-0.15, -0.1) is 0 Å². The normalized spacial score (nSPS) is 12.2. The number of hydrogen-bond acceptors (Lipinski definition) is 3. The molecule has 0 saturated carbocycles. The molecule has 0 heterocycles. The predicted octanol–water partition coefficient (Wildman–Crippen LogP) is 3.18. The van der Waals surface area contributed by atoms with Gasteiger partial charge in [0, 0.05) is 17.3 Å². The van der Waals surface area contributed by atoms with E-state index in [1.807, 2.05) is 23.9 Å². The zero-order chi connectivity index (χ0) is 12.8. The topological polar surface area (TPSA) is 38.0 Å². The maximum absolute atomic E-state index is 5.73. The van der Waals surface area contributed by atoms with E-state index in [4.69, 9.17) is 18.0 Å². The van der Waals surface area contributed by atoms with Gasteiger partial charge in [-0.3, -0.25) is 0 Å². The van der Waals surface area contributed by atoms with Crippen LogP contribution in [0.2, 0.25) is 0 Å². The Hall–Kier alpha value is -0.740. The largest absolute Gasteiger partial charge is 0.389 e. The van der Waals surface area contributed by atoms with Gasteiger partial charge in [-0.05, 0) is 50.0 Å². The van der Waals surface area contributed by atoms with Gasteiger partial charge in [-0.1, -0.05) is 18.3 Å². The van der Waals surface area contributed by atoms with Crippen LogP contribution in [0.3, 0.4) is 0 Å². The third-order valence-electron chi connectivity index (χ3n) is 2.60. The summed E-state index contributed by atoms with van der Waals surface area (Å²) in [6.45, 7) is 4.25. The molecule has 1 atom stereocenters. The van der Waals surface area contributed by atoms with Crippen LogP contribution in [0.4, 0.5) is 5.69 Å². The number of hydrogen-bond donors (Lipinski definition) is 2. The molecule has 2 nitrogen and oxygen atoms in total. The van der Waals surface area contributed by atoms with Crippen LogP contribution in [-0.2, 0) is 0 Å². The highest BCUT2D eigenvalue weighted by molar-refractivity contribution is 7.98. The van der Waals surface area contributed by atoms with E-state index in [1.165, 1.54) is 5.56 Å². The molecule has 0 saturated heterocycles. The van der Waals surface area contributed by atoms with Gasteiger partial charge >= 0.3 is 0 Å². The quantitative estimate of drug-likeness (QED) is 0.777. The Kier molecular flexibility index (Phi) is 5.78. The van der Waals surface area contributed by atoms with Gasteiger partial charge in [0.2, 0.25) is 0 Å². The minimum Gasteiger partial charge on any atom is -0.389 e. The van der Waals surface area contributed by atoms with Gasteiger partial charge < -0.3 is 11.1 Å². The minimum atomic E-state index is 0.428. The molecule has 0 bridgehead atoms. The highest BCUT2D eigenvalue weighted by atomic mass is 32.2. The van der Waals surface area contributed by atoms with Crippen molar-refractivity contribution in [2.75, 3.05) is 17.3 Å². The molecule has 94 valence electrons. The number of benzene rings is 1. The summed E-state index contributed by atoms with van der Waals surface area (Å²) in [6, 6.07) is 6.55. The molecule has 0 amide bonds. The second-order valence-corrected chi connectivity index (χ2v) is 5.67. The second-order valence-electron chi connectivity index (χ2n) is 4.24. The predicted molar refractivity (Wildman–Crippen MR) is 83.2 cm³/mol. The van der Waals surface area contributed by atoms with Crippen molar-refractivity contribution in [3.63, 3.8) is 0 Å². The van der Waals surface area contributed by atoms with Gasteiger partial charge in [0.05, 0.1) is 0 Å². The number of rotatable bonds is 6. The maximum atomic E-state index is 5.73. The monoisotopic (exact) mass is 268 g/mol. The van der Waals surface area contributed by atoms with Crippen molar-refractivity contribution in [2.24, 2.45) is 5.73 Å². The first-order valence-electron chi connectivity index (χ1n) is 5.70. The summed E-state index contributed by atoms with van der Waals surface area (Å²) in [5, 5.41) is 3.49. The lowest BCUT2D eigenvalue weighted by molar-refractivity contribution is 0.772. The zero-order valence-corrected chi connectivity index (χ0v) is 12.3. The summed E-state index contributed by atoms with van der Waals surface area (Å²) in [6.07, 6.45) is 3.26. The maximum Gasteiger partial charge on any atom is 0.106 e. The Bertz CT molecular complexity index is 391. The van der Waals surface area contributed by atoms with Gasteiger partial charge in [-0.2, -0.15) is 11.8 Å². The smallest absolute Gasteiger partial charge is 0.106 e. The van der Waals surface area contributed by atoms with E-state index in [9.17, 15) is 0 Å². The zero-order valence-electron chi connectivity index (χ0n) is 10.6. The van der Waals surface area contributed by atoms with E-state index in [0.717, 1.165) is 23.4 Å². The Morgan fingerprint density at radius 2 is 2.24 bits per heavy atom. The molecule has 1 aromatic rings. The standard InChI is InChI=1S/C13H20N2S2/c1-9-4-5-11(13(14)16)12(8-9)15-10(2)6-7-17-3/h4-5,8,10,15H,6-7H2,1-3H3,(H2,14,16). The summed E-state index contributed by atoms with van der Waals surface area (Å²) in [5.41, 5.74) is 8.92.